The predicted molar refractivity (Wildman–Crippen MR) is 86.4 cm³/mol. The van der Waals surface area contributed by atoms with E-state index in [1.54, 1.807) is 6.07 Å². The maximum Gasteiger partial charge on any atom is 0.263 e. The molecule has 0 saturated heterocycles. The maximum absolute atomic E-state index is 13.6. The molecule has 2 rings (SSSR count). The van der Waals surface area contributed by atoms with Gasteiger partial charge in [-0.15, -0.1) is 0 Å². The molecule has 3 nitrogen and oxygen atoms in total. The fourth-order valence-electron chi connectivity index (χ4n) is 1.49. The van der Waals surface area contributed by atoms with E-state index in [0.29, 0.717) is 9.50 Å². The summed E-state index contributed by atoms with van der Waals surface area (Å²) >= 11 is 20.3. The molecule has 21 heavy (non-hydrogen) atoms. The zero-order valence-corrected chi connectivity index (χ0v) is 14.7. The van der Waals surface area contributed by atoms with Crippen molar-refractivity contribution in [2.75, 3.05) is 4.72 Å². The van der Waals surface area contributed by atoms with Gasteiger partial charge in [0.1, 0.15) is 4.90 Å². The molecule has 0 aliphatic heterocycles. The molecule has 0 unspecified atom stereocenters. The molecule has 2 aromatic carbocycles. The van der Waals surface area contributed by atoms with Crippen molar-refractivity contribution in [2.45, 2.75) is 4.90 Å². The van der Waals surface area contributed by atoms with Crippen molar-refractivity contribution < 1.29 is 12.8 Å². The number of halogens is 5. The van der Waals surface area contributed by atoms with Crippen molar-refractivity contribution in [3.05, 3.63) is 55.7 Å². The molecule has 0 atom stereocenters. The lowest BCUT2D eigenvalue weighted by Crippen LogP contribution is -2.14. The second-order valence-electron chi connectivity index (χ2n) is 3.91. The third-order valence-electron chi connectivity index (χ3n) is 2.46. The van der Waals surface area contributed by atoms with Crippen LogP contribution in [0.4, 0.5) is 10.1 Å². The lowest BCUT2D eigenvalue weighted by molar-refractivity contribution is 0.595. The van der Waals surface area contributed by atoms with E-state index in [4.69, 9.17) is 34.8 Å². The molecule has 0 heterocycles. The maximum atomic E-state index is 13.6. The molecule has 0 spiro atoms. The Morgan fingerprint density at radius 2 is 1.71 bits per heavy atom. The molecular weight excluding hydrogens is 427 g/mol. The van der Waals surface area contributed by atoms with E-state index < -0.39 is 25.8 Å². The standard InChI is InChI=1S/C12H6BrCl3FNO2S/c13-7-2-1-6(5-9(7)15)18-21(19,20)10-4-3-8(14)12(17)11(10)16/h1-5,18H. The van der Waals surface area contributed by atoms with Crippen molar-refractivity contribution in [2.24, 2.45) is 0 Å². The van der Waals surface area contributed by atoms with Crippen LogP contribution in [0.1, 0.15) is 0 Å². The van der Waals surface area contributed by atoms with Crippen LogP contribution in [0.3, 0.4) is 0 Å². The Morgan fingerprint density at radius 1 is 1.05 bits per heavy atom. The second-order valence-corrected chi connectivity index (χ2v) is 7.61. The average Bonchev–Trinajstić information content (AvgIpc) is 2.39. The topological polar surface area (TPSA) is 46.2 Å². The molecule has 0 aliphatic rings. The van der Waals surface area contributed by atoms with Gasteiger partial charge in [0, 0.05) is 4.47 Å². The highest BCUT2D eigenvalue weighted by molar-refractivity contribution is 9.10. The zero-order chi connectivity index (χ0) is 15.8. The SMILES string of the molecule is O=S(=O)(Nc1ccc(Br)c(Cl)c1)c1ccc(Cl)c(F)c1Cl. The van der Waals surface area contributed by atoms with Crippen LogP contribution in [0.25, 0.3) is 0 Å². The molecule has 2 aromatic rings. The van der Waals surface area contributed by atoms with Gasteiger partial charge in [0.25, 0.3) is 10.0 Å². The number of hydrogen-bond donors (Lipinski definition) is 1. The highest BCUT2D eigenvalue weighted by Gasteiger charge is 2.22. The smallest absolute Gasteiger partial charge is 0.263 e. The molecule has 1 N–H and O–H groups in total. The molecule has 0 bridgehead atoms. The number of benzene rings is 2. The summed E-state index contributed by atoms with van der Waals surface area (Å²) in [4.78, 5) is -0.412. The van der Waals surface area contributed by atoms with Gasteiger partial charge >= 0.3 is 0 Å². The lowest BCUT2D eigenvalue weighted by atomic mass is 10.3. The second kappa shape index (κ2) is 6.30. The monoisotopic (exact) mass is 431 g/mol. The summed E-state index contributed by atoms with van der Waals surface area (Å²) in [5.41, 5.74) is 0.217. The first-order chi connectivity index (χ1) is 9.72. The van der Waals surface area contributed by atoms with Crippen molar-refractivity contribution >= 4 is 66.4 Å². The van der Waals surface area contributed by atoms with Crippen LogP contribution in [-0.2, 0) is 10.0 Å². The Kier molecular flexibility index (Phi) is 5.05. The summed E-state index contributed by atoms with van der Waals surface area (Å²) in [6.45, 7) is 0. The summed E-state index contributed by atoms with van der Waals surface area (Å²) in [5, 5.41) is -0.507. The zero-order valence-electron chi connectivity index (χ0n) is 10.0. The van der Waals surface area contributed by atoms with Gasteiger partial charge < -0.3 is 0 Å². The molecule has 9 heteroatoms. The van der Waals surface area contributed by atoms with E-state index in [1.807, 2.05) is 0 Å². The Hall–Kier alpha value is -0.530. The predicted octanol–water partition coefficient (Wildman–Crippen LogP) is 5.35. The van der Waals surface area contributed by atoms with Crippen LogP contribution in [0.2, 0.25) is 15.1 Å². The number of hydrogen-bond acceptors (Lipinski definition) is 2. The summed E-state index contributed by atoms with van der Waals surface area (Å²) in [7, 11) is -4.07. The van der Waals surface area contributed by atoms with Crippen LogP contribution in [0, 0.1) is 5.82 Å². The highest BCUT2D eigenvalue weighted by atomic mass is 79.9. The van der Waals surface area contributed by atoms with Crippen LogP contribution in [0.15, 0.2) is 39.7 Å². The Bertz CT molecular complexity index is 814. The van der Waals surface area contributed by atoms with Gasteiger partial charge in [0.2, 0.25) is 0 Å². The van der Waals surface area contributed by atoms with Gasteiger partial charge in [-0.2, -0.15) is 0 Å². The van der Waals surface area contributed by atoms with E-state index in [-0.39, 0.29) is 10.7 Å². The molecular formula is C12H6BrCl3FNO2S. The largest absolute Gasteiger partial charge is 0.280 e. The van der Waals surface area contributed by atoms with Crippen molar-refractivity contribution in [1.29, 1.82) is 0 Å². The Balaban J connectivity index is 2.43. The molecule has 0 radical (unpaired) electrons. The normalized spacial score (nSPS) is 11.5. The number of nitrogens with one attached hydrogen (secondary N) is 1. The Morgan fingerprint density at radius 3 is 2.33 bits per heavy atom. The Labute approximate surface area is 144 Å². The van der Waals surface area contributed by atoms with Gasteiger partial charge in [0.15, 0.2) is 5.82 Å². The third-order valence-corrected chi connectivity index (χ3v) is 5.89. The number of anilines is 1. The summed E-state index contributed by atoms with van der Waals surface area (Å²) < 4.78 is 40.9. The molecule has 0 amide bonds. The molecule has 0 aliphatic carbocycles. The van der Waals surface area contributed by atoms with E-state index in [0.717, 1.165) is 12.1 Å². The molecule has 0 aromatic heterocycles. The van der Waals surface area contributed by atoms with Gasteiger partial charge in [0.05, 0.1) is 20.8 Å². The highest BCUT2D eigenvalue weighted by Crippen LogP contribution is 2.31. The van der Waals surface area contributed by atoms with E-state index in [1.165, 1.54) is 12.1 Å². The quantitative estimate of drug-likeness (QED) is 0.664. The van der Waals surface area contributed by atoms with Crippen LogP contribution < -0.4 is 4.72 Å². The van der Waals surface area contributed by atoms with Gasteiger partial charge in [-0.3, -0.25) is 4.72 Å². The summed E-state index contributed by atoms with van der Waals surface area (Å²) in [6, 6.07) is 6.71. The van der Waals surface area contributed by atoms with Crippen molar-refractivity contribution in [3.8, 4) is 0 Å². The average molecular weight is 434 g/mol. The first kappa shape index (κ1) is 16.8. The van der Waals surface area contributed by atoms with Crippen LogP contribution >= 0.6 is 50.7 Å². The van der Waals surface area contributed by atoms with Crippen molar-refractivity contribution in [1.82, 2.24) is 0 Å². The van der Waals surface area contributed by atoms with Crippen molar-refractivity contribution in [3.63, 3.8) is 0 Å². The van der Waals surface area contributed by atoms with Crippen LogP contribution in [-0.4, -0.2) is 8.42 Å². The molecule has 0 fully saturated rings. The summed E-state index contributed by atoms with van der Waals surface area (Å²) in [5.74, 6) is -0.991. The minimum absolute atomic E-state index is 0.217. The number of rotatable bonds is 3. The molecule has 0 saturated carbocycles. The fraction of sp³-hybridized carbons (Fsp3) is 0. The lowest BCUT2D eigenvalue weighted by Gasteiger charge is -2.11. The van der Waals surface area contributed by atoms with Gasteiger partial charge in [-0.25, -0.2) is 12.8 Å². The van der Waals surface area contributed by atoms with E-state index in [2.05, 4.69) is 20.7 Å². The minimum atomic E-state index is -4.07. The summed E-state index contributed by atoms with van der Waals surface area (Å²) in [6.07, 6.45) is 0. The minimum Gasteiger partial charge on any atom is -0.280 e. The third kappa shape index (κ3) is 3.63. The van der Waals surface area contributed by atoms with Crippen LogP contribution in [0.5, 0.6) is 0 Å². The van der Waals surface area contributed by atoms with E-state index in [9.17, 15) is 12.8 Å². The van der Waals surface area contributed by atoms with Gasteiger partial charge in [-0.1, -0.05) is 34.8 Å². The number of sulfonamides is 1. The molecule has 112 valence electrons. The van der Waals surface area contributed by atoms with Gasteiger partial charge in [-0.05, 0) is 46.3 Å². The first-order valence-corrected chi connectivity index (χ1v) is 8.75. The first-order valence-electron chi connectivity index (χ1n) is 5.34. The van der Waals surface area contributed by atoms with E-state index >= 15 is 0 Å². The fourth-order valence-corrected chi connectivity index (χ4v) is 3.71.